The van der Waals surface area contributed by atoms with Gasteiger partial charge in [0.15, 0.2) is 0 Å². The topological polar surface area (TPSA) is 46.6 Å². The lowest BCUT2D eigenvalue weighted by Crippen LogP contribution is -2.44. The van der Waals surface area contributed by atoms with Crippen molar-refractivity contribution in [3.05, 3.63) is 12.2 Å². The molecule has 2 amide bonds. The largest absolute Gasteiger partial charge is 0.376 e. The molecule has 2 heterocycles. The molecule has 1 saturated heterocycles. The molecule has 0 bridgehead atoms. The van der Waals surface area contributed by atoms with Gasteiger partial charge in [-0.3, -0.25) is 14.5 Å². The van der Waals surface area contributed by atoms with Gasteiger partial charge in [-0.1, -0.05) is 0 Å². The zero-order valence-corrected chi connectivity index (χ0v) is 8.10. The summed E-state index contributed by atoms with van der Waals surface area (Å²) in [5, 5.41) is 0. The number of ether oxygens (including phenoxy) is 1. The van der Waals surface area contributed by atoms with Gasteiger partial charge in [-0.25, -0.2) is 0 Å². The maximum atomic E-state index is 11.3. The standard InChI is InChI=1S/C10H13NO3/c1-7(8-3-2-6-14-8)11-9(12)4-5-10(11)13/h4-5,7-8H,2-3,6H2,1H3. The van der Waals surface area contributed by atoms with Crippen LogP contribution in [0.15, 0.2) is 12.2 Å². The lowest BCUT2D eigenvalue weighted by atomic mass is 10.1. The second kappa shape index (κ2) is 3.53. The van der Waals surface area contributed by atoms with Crippen LogP contribution >= 0.6 is 0 Å². The van der Waals surface area contributed by atoms with E-state index in [0.717, 1.165) is 19.4 Å². The van der Waals surface area contributed by atoms with Crippen molar-refractivity contribution in [1.29, 1.82) is 0 Å². The summed E-state index contributed by atoms with van der Waals surface area (Å²) in [4.78, 5) is 24.0. The summed E-state index contributed by atoms with van der Waals surface area (Å²) in [7, 11) is 0. The van der Waals surface area contributed by atoms with Gasteiger partial charge in [0, 0.05) is 18.8 Å². The Morgan fingerprint density at radius 2 is 2.07 bits per heavy atom. The Morgan fingerprint density at radius 1 is 1.43 bits per heavy atom. The lowest BCUT2D eigenvalue weighted by molar-refractivity contribution is -0.142. The van der Waals surface area contributed by atoms with Crippen LogP contribution in [0.2, 0.25) is 0 Å². The number of imide groups is 1. The predicted octanol–water partition coefficient (Wildman–Crippen LogP) is 0.479. The molecule has 2 aliphatic heterocycles. The Kier molecular flexibility index (Phi) is 2.37. The fourth-order valence-electron chi connectivity index (χ4n) is 1.96. The quantitative estimate of drug-likeness (QED) is 0.602. The molecule has 4 heteroatoms. The second-order valence-corrected chi connectivity index (χ2v) is 3.67. The molecule has 0 spiro atoms. The number of rotatable bonds is 2. The van der Waals surface area contributed by atoms with Gasteiger partial charge < -0.3 is 4.74 Å². The summed E-state index contributed by atoms with van der Waals surface area (Å²) in [6.45, 7) is 2.59. The highest BCUT2D eigenvalue weighted by atomic mass is 16.5. The summed E-state index contributed by atoms with van der Waals surface area (Å²) in [5.74, 6) is -0.448. The van der Waals surface area contributed by atoms with Crippen molar-refractivity contribution in [2.75, 3.05) is 6.61 Å². The molecule has 4 nitrogen and oxygen atoms in total. The fourth-order valence-corrected chi connectivity index (χ4v) is 1.96. The number of hydrogen-bond donors (Lipinski definition) is 0. The third kappa shape index (κ3) is 1.46. The molecular formula is C10H13NO3. The molecule has 1 fully saturated rings. The monoisotopic (exact) mass is 195 g/mol. The third-order valence-corrected chi connectivity index (χ3v) is 2.75. The summed E-state index contributed by atoms with van der Waals surface area (Å²) < 4.78 is 5.45. The SMILES string of the molecule is CC(C1CCCO1)N1C(=O)C=CC1=O. The smallest absolute Gasteiger partial charge is 0.253 e. The van der Waals surface area contributed by atoms with Gasteiger partial charge >= 0.3 is 0 Å². The zero-order chi connectivity index (χ0) is 10.1. The Bertz CT molecular complexity index is 274. The van der Waals surface area contributed by atoms with Crippen molar-refractivity contribution < 1.29 is 14.3 Å². The van der Waals surface area contributed by atoms with Crippen molar-refractivity contribution in [1.82, 2.24) is 4.90 Å². The van der Waals surface area contributed by atoms with Gasteiger partial charge in [0.1, 0.15) is 0 Å². The summed E-state index contributed by atoms with van der Waals surface area (Å²) >= 11 is 0. The molecule has 2 rings (SSSR count). The van der Waals surface area contributed by atoms with E-state index in [1.165, 1.54) is 17.1 Å². The van der Waals surface area contributed by atoms with E-state index in [4.69, 9.17) is 4.74 Å². The average Bonchev–Trinajstić information content (AvgIpc) is 2.75. The van der Waals surface area contributed by atoms with E-state index in [-0.39, 0.29) is 24.0 Å². The number of amides is 2. The molecule has 2 aliphatic rings. The lowest BCUT2D eigenvalue weighted by Gasteiger charge is -2.26. The first-order valence-electron chi connectivity index (χ1n) is 4.87. The molecular weight excluding hydrogens is 182 g/mol. The van der Waals surface area contributed by atoms with Gasteiger partial charge in [-0.05, 0) is 19.8 Å². The number of nitrogens with zero attached hydrogens (tertiary/aromatic N) is 1. The number of carbonyl (C=O) groups is 2. The van der Waals surface area contributed by atoms with Gasteiger partial charge in [0.25, 0.3) is 11.8 Å². The Labute approximate surface area is 82.5 Å². The maximum Gasteiger partial charge on any atom is 0.253 e. The molecule has 2 atom stereocenters. The first-order valence-corrected chi connectivity index (χ1v) is 4.87. The summed E-state index contributed by atoms with van der Waals surface area (Å²) in [6, 6.07) is -0.146. The predicted molar refractivity (Wildman–Crippen MR) is 49.4 cm³/mol. The van der Waals surface area contributed by atoms with E-state index < -0.39 is 0 Å². The highest BCUT2D eigenvalue weighted by Crippen LogP contribution is 2.21. The Balaban J connectivity index is 2.07. The molecule has 0 radical (unpaired) electrons. The molecule has 0 saturated carbocycles. The third-order valence-electron chi connectivity index (χ3n) is 2.75. The molecule has 0 aromatic rings. The van der Waals surface area contributed by atoms with Gasteiger partial charge in [-0.2, -0.15) is 0 Å². The molecule has 76 valence electrons. The second-order valence-electron chi connectivity index (χ2n) is 3.67. The number of carbonyl (C=O) groups excluding carboxylic acids is 2. The molecule has 0 N–H and O–H groups in total. The van der Waals surface area contributed by atoms with E-state index in [1.807, 2.05) is 6.92 Å². The van der Waals surface area contributed by atoms with Crippen LogP contribution in [0.4, 0.5) is 0 Å². The molecule has 14 heavy (non-hydrogen) atoms. The van der Waals surface area contributed by atoms with E-state index in [1.54, 1.807) is 0 Å². The van der Waals surface area contributed by atoms with Crippen molar-refractivity contribution in [2.24, 2.45) is 0 Å². The van der Waals surface area contributed by atoms with E-state index in [9.17, 15) is 9.59 Å². The highest BCUT2D eigenvalue weighted by Gasteiger charge is 2.34. The molecule has 0 aromatic heterocycles. The number of hydrogen-bond acceptors (Lipinski definition) is 3. The molecule has 0 aliphatic carbocycles. The Morgan fingerprint density at radius 3 is 2.57 bits per heavy atom. The Hall–Kier alpha value is -1.16. The van der Waals surface area contributed by atoms with E-state index in [2.05, 4.69) is 0 Å². The van der Waals surface area contributed by atoms with Crippen LogP contribution < -0.4 is 0 Å². The molecule has 0 aromatic carbocycles. The van der Waals surface area contributed by atoms with E-state index >= 15 is 0 Å². The van der Waals surface area contributed by atoms with Crippen molar-refractivity contribution >= 4 is 11.8 Å². The highest BCUT2D eigenvalue weighted by molar-refractivity contribution is 6.13. The minimum absolute atomic E-state index is 0.0165. The maximum absolute atomic E-state index is 11.3. The van der Waals surface area contributed by atoms with Crippen molar-refractivity contribution in [3.63, 3.8) is 0 Å². The van der Waals surface area contributed by atoms with Crippen LogP contribution in [-0.2, 0) is 14.3 Å². The molecule has 2 unspecified atom stereocenters. The van der Waals surface area contributed by atoms with Gasteiger partial charge in [0.05, 0.1) is 12.1 Å². The van der Waals surface area contributed by atoms with Crippen LogP contribution in [0, 0.1) is 0 Å². The van der Waals surface area contributed by atoms with Crippen LogP contribution in [0.5, 0.6) is 0 Å². The first kappa shape index (κ1) is 9.40. The minimum Gasteiger partial charge on any atom is -0.376 e. The van der Waals surface area contributed by atoms with Gasteiger partial charge in [0.2, 0.25) is 0 Å². The van der Waals surface area contributed by atoms with Crippen LogP contribution in [0.1, 0.15) is 19.8 Å². The van der Waals surface area contributed by atoms with Crippen LogP contribution in [0.25, 0.3) is 0 Å². The van der Waals surface area contributed by atoms with Crippen LogP contribution in [0.3, 0.4) is 0 Å². The fraction of sp³-hybridized carbons (Fsp3) is 0.600. The minimum atomic E-state index is -0.224. The van der Waals surface area contributed by atoms with Crippen molar-refractivity contribution in [3.8, 4) is 0 Å². The zero-order valence-electron chi connectivity index (χ0n) is 8.10. The van der Waals surface area contributed by atoms with Crippen molar-refractivity contribution in [2.45, 2.75) is 31.9 Å². The average molecular weight is 195 g/mol. The van der Waals surface area contributed by atoms with Crippen LogP contribution in [-0.4, -0.2) is 35.5 Å². The summed E-state index contributed by atoms with van der Waals surface area (Å²) in [6.07, 6.45) is 4.58. The van der Waals surface area contributed by atoms with E-state index in [0.29, 0.717) is 0 Å². The summed E-state index contributed by atoms with van der Waals surface area (Å²) in [5.41, 5.74) is 0. The van der Waals surface area contributed by atoms with Gasteiger partial charge in [-0.15, -0.1) is 0 Å². The first-order chi connectivity index (χ1) is 6.70. The normalized spacial score (nSPS) is 28.9.